The topological polar surface area (TPSA) is 63.6 Å². The first kappa shape index (κ1) is 18.9. The molecule has 1 aromatic carbocycles. The highest BCUT2D eigenvalue weighted by Crippen LogP contribution is 2.29. The zero-order valence-electron chi connectivity index (χ0n) is 14.8. The Balaban J connectivity index is 2.19. The maximum atomic E-state index is 12.1. The van der Waals surface area contributed by atoms with Crippen LogP contribution in [0.3, 0.4) is 0 Å². The number of amides is 1. The van der Waals surface area contributed by atoms with Gasteiger partial charge < -0.3 is 4.74 Å². The Morgan fingerprint density at radius 1 is 1.44 bits per heavy atom. The van der Waals surface area contributed by atoms with Gasteiger partial charge in [-0.25, -0.2) is 10.4 Å². The van der Waals surface area contributed by atoms with Crippen LogP contribution in [0, 0.1) is 6.92 Å². The summed E-state index contributed by atoms with van der Waals surface area (Å²) in [4.78, 5) is 16.0. The van der Waals surface area contributed by atoms with Crippen LogP contribution in [0.25, 0.3) is 0 Å². The second kappa shape index (κ2) is 8.62. The van der Waals surface area contributed by atoms with Crippen LogP contribution in [-0.2, 0) is 0 Å². The van der Waals surface area contributed by atoms with Crippen molar-refractivity contribution in [1.29, 1.82) is 0 Å². The normalized spacial score (nSPS) is 11.1. The molecule has 2 rings (SSSR count). The molecule has 0 atom stereocenters. The largest absolute Gasteiger partial charge is 0.494 e. The molecule has 5 nitrogen and oxygen atoms in total. The summed E-state index contributed by atoms with van der Waals surface area (Å²) in [6, 6.07) is 7.28. The molecule has 25 heavy (non-hydrogen) atoms. The Bertz CT molecular complexity index is 788. The van der Waals surface area contributed by atoms with Crippen LogP contribution in [0.15, 0.2) is 35.6 Å². The van der Waals surface area contributed by atoms with Gasteiger partial charge in [-0.1, -0.05) is 25.4 Å². The lowest BCUT2D eigenvalue weighted by Gasteiger charge is -2.15. The third-order valence-electron chi connectivity index (χ3n) is 3.69. The number of aryl methyl sites for hydroxylation is 1. The predicted octanol–water partition coefficient (Wildman–Crippen LogP) is 4.33. The Kier molecular flexibility index (Phi) is 6.53. The molecule has 0 unspecified atom stereocenters. The number of carbonyl (C=O) groups excluding carboxylic acids is 1. The van der Waals surface area contributed by atoms with Gasteiger partial charge in [0.1, 0.15) is 10.9 Å². The minimum atomic E-state index is -0.401. The number of rotatable bonds is 6. The maximum Gasteiger partial charge on any atom is 0.274 e. The van der Waals surface area contributed by atoms with E-state index in [0.29, 0.717) is 12.5 Å². The molecule has 1 heterocycles. The average molecular weight is 360 g/mol. The quantitative estimate of drug-likeness (QED) is 0.474. The first-order valence-electron chi connectivity index (χ1n) is 8.15. The molecule has 2 aromatic rings. The second-order valence-electron chi connectivity index (χ2n) is 5.88. The van der Waals surface area contributed by atoms with Crippen molar-refractivity contribution in [1.82, 2.24) is 10.4 Å². The van der Waals surface area contributed by atoms with Crippen LogP contribution in [0.1, 0.15) is 53.7 Å². The van der Waals surface area contributed by atoms with Crippen molar-refractivity contribution in [3.8, 4) is 5.75 Å². The number of nitrogens with zero attached hydrogens (tertiary/aromatic N) is 2. The number of carbonyl (C=O) groups is 1. The van der Waals surface area contributed by atoms with Gasteiger partial charge in [0.2, 0.25) is 0 Å². The molecule has 0 saturated heterocycles. The molecule has 132 valence electrons. The zero-order chi connectivity index (χ0) is 18.4. The van der Waals surface area contributed by atoms with Crippen molar-refractivity contribution in [2.75, 3.05) is 6.61 Å². The molecule has 6 heteroatoms. The van der Waals surface area contributed by atoms with Gasteiger partial charge in [0.05, 0.1) is 18.4 Å². The van der Waals surface area contributed by atoms with Gasteiger partial charge in [-0.05, 0) is 60.7 Å². The van der Waals surface area contributed by atoms with Gasteiger partial charge in [-0.15, -0.1) is 0 Å². The molecule has 1 N–H and O–H groups in total. The summed E-state index contributed by atoms with van der Waals surface area (Å²) in [5.74, 6) is 0.804. The molecule has 1 amide bonds. The minimum Gasteiger partial charge on any atom is -0.494 e. The van der Waals surface area contributed by atoms with Gasteiger partial charge in [0, 0.05) is 6.20 Å². The van der Waals surface area contributed by atoms with Crippen LogP contribution in [0.2, 0.25) is 5.15 Å². The van der Waals surface area contributed by atoms with Crippen LogP contribution in [-0.4, -0.2) is 23.7 Å². The highest BCUT2D eigenvalue weighted by atomic mass is 35.5. The van der Waals surface area contributed by atoms with Gasteiger partial charge in [-0.2, -0.15) is 5.10 Å². The van der Waals surface area contributed by atoms with E-state index >= 15 is 0 Å². The van der Waals surface area contributed by atoms with Crippen molar-refractivity contribution in [3.05, 3.63) is 57.9 Å². The molecule has 0 bridgehead atoms. The lowest BCUT2D eigenvalue weighted by molar-refractivity contribution is 0.0955. The van der Waals surface area contributed by atoms with Crippen LogP contribution >= 0.6 is 11.6 Å². The fraction of sp³-hybridized carbons (Fsp3) is 0.316. The van der Waals surface area contributed by atoms with E-state index in [2.05, 4.69) is 29.4 Å². The molecule has 0 aliphatic rings. The van der Waals surface area contributed by atoms with Gasteiger partial charge in [0.25, 0.3) is 5.91 Å². The molecular weight excluding hydrogens is 338 g/mol. The van der Waals surface area contributed by atoms with Gasteiger partial charge in [0.15, 0.2) is 0 Å². The van der Waals surface area contributed by atoms with E-state index < -0.39 is 5.91 Å². The summed E-state index contributed by atoms with van der Waals surface area (Å²) < 4.78 is 5.71. The van der Waals surface area contributed by atoms with E-state index in [1.165, 1.54) is 6.20 Å². The zero-order valence-corrected chi connectivity index (χ0v) is 15.6. The third kappa shape index (κ3) is 4.79. The Morgan fingerprint density at radius 2 is 2.20 bits per heavy atom. The number of benzene rings is 1. The highest BCUT2D eigenvalue weighted by Gasteiger charge is 2.12. The summed E-state index contributed by atoms with van der Waals surface area (Å²) in [5.41, 5.74) is 5.81. The van der Waals surface area contributed by atoms with Crippen molar-refractivity contribution in [2.45, 2.75) is 33.6 Å². The predicted molar refractivity (Wildman–Crippen MR) is 101 cm³/mol. The number of halogens is 1. The molecule has 0 aliphatic heterocycles. The lowest BCUT2D eigenvalue weighted by atomic mass is 9.97. The molecule has 0 spiro atoms. The van der Waals surface area contributed by atoms with Crippen LogP contribution in [0.4, 0.5) is 0 Å². The summed E-state index contributed by atoms with van der Waals surface area (Å²) >= 11 is 5.91. The van der Waals surface area contributed by atoms with E-state index in [1.807, 2.05) is 26.0 Å². The number of pyridine rings is 1. The number of nitrogens with one attached hydrogen (secondary N) is 1. The fourth-order valence-electron chi connectivity index (χ4n) is 2.36. The SMILES string of the molecule is CCOc1cc(C)c(C=NNC(=O)c2cccnc2Cl)cc1C(C)C. The number of hydrazone groups is 1. The minimum absolute atomic E-state index is 0.148. The van der Waals surface area contributed by atoms with Crippen molar-refractivity contribution < 1.29 is 9.53 Å². The Labute approximate surface area is 153 Å². The van der Waals surface area contributed by atoms with Gasteiger partial charge >= 0.3 is 0 Å². The number of ether oxygens (including phenoxy) is 1. The summed E-state index contributed by atoms with van der Waals surface area (Å²) in [6.07, 6.45) is 3.15. The van der Waals surface area contributed by atoms with Crippen molar-refractivity contribution in [2.24, 2.45) is 5.10 Å². The first-order valence-corrected chi connectivity index (χ1v) is 8.53. The molecule has 0 aliphatic carbocycles. The Hall–Kier alpha value is -2.40. The highest BCUT2D eigenvalue weighted by molar-refractivity contribution is 6.32. The van der Waals surface area contributed by atoms with E-state index in [1.54, 1.807) is 18.3 Å². The average Bonchev–Trinajstić information content (AvgIpc) is 2.57. The van der Waals surface area contributed by atoms with E-state index in [9.17, 15) is 4.79 Å². The monoisotopic (exact) mass is 359 g/mol. The molecule has 0 saturated carbocycles. The van der Waals surface area contributed by atoms with Gasteiger partial charge in [-0.3, -0.25) is 4.79 Å². The summed E-state index contributed by atoms with van der Waals surface area (Å²) in [5, 5.41) is 4.19. The van der Waals surface area contributed by atoms with E-state index in [0.717, 1.165) is 22.4 Å². The number of hydrogen-bond donors (Lipinski definition) is 1. The number of hydrogen-bond acceptors (Lipinski definition) is 4. The third-order valence-corrected chi connectivity index (χ3v) is 3.99. The van der Waals surface area contributed by atoms with Crippen molar-refractivity contribution in [3.63, 3.8) is 0 Å². The molecular formula is C19H22ClN3O2. The molecule has 0 radical (unpaired) electrons. The van der Waals surface area contributed by atoms with E-state index in [4.69, 9.17) is 16.3 Å². The molecule has 1 aromatic heterocycles. The van der Waals surface area contributed by atoms with E-state index in [-0.39, 0.29) is 10.7 Å². The Morgan fingerprint density at radius 3 is 2.84 bits per heavy atom. The first-order chi connectivity index (χ1) is 11.9. The standard InChI is InChI=1S/C19H22ClN3O2/c1-5-25-17-9-13(4)14(10-16(17)12(2)3)11-22-23-19(24)15-7-6-8-21-18(15)20/h6-12H,5H2,1-4H3,(H,23,24). The van der Waals surface area contributed by atoms with Crippen molar-refractivity contribution >= 4 is 23.7 Å². The molecule has 0 fully saturated rings. The summed E-state index contributed by atoms with van der Waals surface area (Å²) in [7, 11) is 0. The fourth-order valence-corrected chi connectivity index (χ4v) is 2.57. The summed E-state index contributed by atoms with van der Waals surface area (Å²) in [6.45, 7) is 8.79. The lowest BCUT2D eigenvalue weighted by Crippen LogP contribution is -2.18. The van der Waals surface area contributed by atoms with Crippen LogP contribution in [0.5, 0.6) is 5.75 Å². The smallest absolute Gasteiger partial charge is 0.274 e. The second-order valence-corrected chi connectivity index (χ2v) is 6.23. The maximum absolute atomic E-state index is 12.1. The van der Waals surface area contributed by atoms with Crippen LogP contribution < -0.4 is 10.2 Å². The number of aromatic nitrogens is 1.